The first-order valence-electron chi connectivity index (χ1n) is 7.24. The van der Waals surface area contributed by atoms with Crippen LogP contribution in [0.5, 0.6) is 0 Å². The van der Waals surface area contributed by atoms with Crippen LogP contribution in [0.1, 0.15) is 45.4 Å². The second-order valence-corrected chi connectivity index (χ2v) is 6.28. The summed E-state index contributed by atoms with van der Waals surface area (Å²) in [6.07, 6.45) is 13.7. The van der Waals surface area contributed by atoms with Crippen molar-refractivity contribution < 1.29 is 0 Å². The molecule has 0 radical (unpaired) electrons. The number of hydrogen-bond acceptors (Lipinski definition) is 1. The average Bonchev–Trinajstić information content (AvgIpc) is 3.01. The predicted octanol–water partition coefficient (Wildman–Crippen LogP) is 3.37. The molecule has 1 nitrogen and oxygen atoms in total. The monoisotopic (exact) mass is 219 g/mol. The first-order valence-corrected chi connectivity index (χ1v) is 7.24. The normalized spacial score (nSPS) is 39.7. The van der Waals surface area contributed by atoms with Crippen molar-refractivity contribution in [2.24, 2.45) is 23.7 Å². The number of nitrogens with one attached hydrogen (secondary N) is 1. The van der Waals surface area contributed by atoms with Crippen molar-refractivity contribution in [2.45, 2.75) is 51.5 Å². The van der Waals surface area contributed by atoms with Crippen molar-refractivity contribution in [1.82, 2.24) is 5.32 Å². The van der Waals surface area contributed by atoms with E-state index < -0.39 is 0 Å². The number of rotatable bonds is 4. The van der Waals surface area contributed by atoms with Gasteiger partial charge < -0.3 is 5.32 Å². The van der Waals surface area contributed by atoms with E-state index in [1.54, 1.807) is 0 Å². The van der Waals surface area contributed by atoms with Crippen molar-refractivity contribution in [3.63, 3.8) is 0 Å². The zero-order valence-corrected chi connectivity index (χ0v) is 10.5. The summed E-state index contributed by atoms with van der Waals surface area (Å²) < 4.78 is 0. The molecule has 0 aromatic carbocycles. The van der Waals surface area contributed by atoms with E-state index in [-0.39, 0.29) is 0 Å². The maximum absolute atomic E-state index is 3.82. The smallest absolute Gasteiger partial charge is 0.00671 e. The highest BCUT2D eigenvalue weighted by Crippen LogP contribution is 2.43. The van der Waals surface area contributed by atoms with Crippen LogP contribution < -0.4 is 5.32 Å². The fourth-order valence-electron chi connectivity index (χ4n) is 4.09. The quantitative estimate of drug-likeness (QED) is 0.715. The zero-order valence-electron chi connectivity index (χ0n) is 10.5. The molecule has 0 amide bonds. The molecule has 1 N–H and O–H groups in total. The van der Waals surface area contributed by atoms with Crippen molar-refractivity contribution in [3.05, 3.63) is 12.2 Å². The van der Waals surface area contributed by atoms with E-state index in [0.717, 1.165) is 29.7 Å². The number of allylic oxidation sites excluding steroid dienone is 2. The van der Waals surface area contributed by atoms with Gasteiger partial charge >= 0.3 is 0 Å². The fraction of sp³-hybridized carbons (Fsp3) is 0.867. The molecule has 16 heavy (non-hydrogen) atoms. The molecule has 3 aliphatic rings. The van der Waals surface area contributed by atoms with E-state index in [0.29, 0.717) is 0 Å². The largest absolute Gasteiger partial charge is 0.314 e. The van der Waals surface area contributed by atoms with Gasteiger partial charge in [-0.15, -0.1) is 0 Å². The lowest BCUT2D eigenvalue weighted by Crippen LogP contribution is -2.36. The van der Waals surface area contributed by atoms with Gasteiger partial charge in [0.1, 0.15) is 0 Å². The van der Waals surface area contributed by atoms with Gasteiger partial charge in [0.2, 0.25) is 0 Å². The molecular formula is C15H25N. The fourth-order valence-corrected chi connectivity index (χ4v) is 4.09. The van der Waals surface area contributed by atoms with Crippen LogP contribution in [-0.2, 0) is 0 Å². The molecule has 90 valence electrons. The van der Waals surface area contributed by atoms with Crippen LogP contribution in [0.25, 0.3) is 0 Å². The summed E-state index contributed by atoms with van der Waals surface area (Å²) in [4.78, 5) is 0. The van der Waals surface area contributed by atoms with Gasteiger partial charge in [-0.1, -0.05) is 25.0 Å². The molecule has 1 heteroatoms. The van der Waals surface area contributed by atoms with E-state index in [9.17, 15) is 0 Å². The van der Waals surface area contributed by atoms with E-state index in [1.165, 1.54) is 45.1 Å². The van der Waals surface area contributed by atoms with Gasteiger partial charge in [-0.05, 0) is 62.8 Å². The van der Waals surface area contributed by atoms with Crippen LogP contribution in [0.4, 0.5) is 0 Å². The Kier molecular flexibility index (Phi) is 3.06. The van der Waals surface area contributed by atoms with E-state index in [2.05, 4.69) is 24.4 Å². The molecule has 0 heterocycles. The summed E-state index contributed by atoms with van der Waals surface area (Å²) in [5, 5.41) is 3.82. The second kappa shape index (κ2) is 4.52. The van der Waals surface area contributed by atoms with Gasteiger partial charge in [0, 0.05) is 6.04 Å². The molecule has 0 spiro atoms. The molecule has 2 bridgehead atoms. The van der Waals surface area contributed by atoms with E-state index in [1.807, 2.05) is 0 Å². The summed E-state index contributed by atoms with van der Waals surface area (Å²) in [6, 6.07) is 0.755. The van der Waals surface area contributed by atoms with Crippen LogP contribution in [-0.4, -0.2) is 12.6 Å². The molecule has 2 fully saturated rings. The Morgan fingerprint density at radius 1 is 1.19 bits per heavy atom. The summed E-state index contributed by atoms with van der Waals surface area (Å²) in [7, 11) is 0. The number of fused-ring (bicyclic) bond motifs is 2. The molecule has 3 aliphatic carbocycles. The average molecular weight is 219 g/mol. The summed E-state index contributed by atoms with van der Waals surface area (Å²) in [5.41, 5.74) is 0. The topological polar surface area (TPSA) is 12.0 Å². The molecule has 0 aromatic heterocycles. The molecule has 0 saturated heterocycles. The highest BCUT2D eigenvalue weighted by atomic mass is 14.9. The van der Waals surface area contributed by atoms with Crippen LogP contribution in [0.15, 0.2) is 12.2 Å². The maximum atomic E-state index is 3.82. The first kappa shape index (κ1) is 10.8. The third-order valence-corrected chi connectivity index (χ3v) is 5.23. The third-order valence-electron chi connectivity index (χ3n) is 5.23. The standard InChI is InChI=1S/C15H25N/c1-11(13-4-2-3-5-13)16-10-15-9-12-6-7-14(15)8-12/h6-7,11-16H,2-5,8-10H2,1H3/t11-,12?,14?,15?/m0/s1. The highest BCUT2D eigenvalue weighted by molar-refractivity contribution is 5.10. The second-order valence-electron chi connectivity index (χ2n) is 6.28. The van der Waals surface area contributed by atoms with Gasteiger partial charge in [-0.3, -0.25) is 0 Å². The highest BCUT2D eigenvalue weighted by Gasteiger charge is 2.35. The Morgan fingerprint density at radius 2 is 2.00 bits per heavy atom. The molecule has 2 saturated carbocycles. The Morgan fingerprint density at radius 3 is 2.62 bits per heavy atom. The van der Waals surface area contributed by atoms with Crippen LogP contribution in [0.2, 0.25) is 0 Å². The van der Waals surface area contributed by atoms with Crippen molar-refractivity contribution in [3.8, 4) is 0 Å². The third kappa shape index (κ3) is 2.07. The summed E-state index contributed by atoms with van der Waals surface area (Å²) in [6.45, 7) is 3.67. The minimum absolute atomic E-state index is 0.755. The maximum Gasteiger partial charge on any atom is 0.00671 e. The SMILES string of the molecule is C[C@H](NCC1CC2C=CC1C2)C1CCCC1. The van der Waals surface area contributed by atoms with Gasteiger partial charge in [0.15, 0.2) is 0 Å². The molecular weight excluding hydrogens is 194 g/mol. The Hall–Kier alpha value is -0.300. The summed E-state index contributed by atoms with van der Waals surface area (Å²) >= 11 is 0. The van der Waals surface area contributed by atoms with Crippen molar-refractivity contribution >= 4 is 0 Å². The van der Waals surface area contributed by atoms with Crippen molar-refractivity contribution in [2.75, 3.05) is 6.54 Å². The van der Waals surface area contributed by atoms with Gasteiger partial charge in [-0.2, -0.15) is 0 Å². The Bertz CT molecular complexity index is 265. The van der Waals surface area contributed by atoms with Crippen LogP contribution in [0.3, 0.4) is 0 Å². The lowest BCUT2D eigenvalue weighted by atomic mass is 9.92. The van der Waals surface area contributed by atoms with Crippen LogP contribution in [0, 0.1) is 23.7 Å². The molecule has 0 aliphatic heterocycles. The molecule has 0 aromatic rings. The minimum Gasteiger partial charge on any atom is -0.314 e. The van der Waals surface area contributed by atoms with E-state index in [4.69, 9.17) is 0 Å². The zero-order chi connectivity index (χ0) is 11.0. The van der Waals surface area contributed by atoms with Gasteiger partial charge in [-0.25, -0.2) is 0 Å². The molecule has 3 unspecified atom stereocenters. The first-order chi connectivity index (χ1) is 7.83. The number of hydrogen-bond donors (Lipinski definition) is 1. The predicted molar refractivity (Wildman–Crippen MR) is 68.3 cm³/mol. The van der Waals surface area contributed by atoms with Crippen LogP contribution >= 0.6 is 0 Å². The Balaban J connectivity index is 1.44. The lowest BCUT2D eigenvalue weighted by molar-refractivity contribution is 0.331. The molecule has 4 atom stereocenters. The van der Waals surface area contributed by atoms with Crippen molar-refractivity contribution in [1.29, 1.82) is 0 Å². The lowest BCUT2D eigenvalue weighted by Gasteiger charge is -2.25. The molecule has 3 rings (SSSR count). The summed E-state index contributed by atoms with van der Waals surface area (Å²) in [5.74, 6) is 3.75. The Labute approximate surface area is 99.7 Å². The van der Waals surface area contributed by atoms with E-state index >= 15 is 0 Å². The van der Waals surface area contributed by atoms with Gasteiger partial charge in [0.05, 0.1) is 0 Å². The van der Waals surface area contributed by atoms with Gasteiger partial charge in [0.25, 0.3) is 0 Å². The minimum atomic E-state index is 0.755.